The van der Waals surface area contributed by atoms with Gasteiger partial charge in [-0.15, -0.1) is 0 Å². The lowest BCUT2D eigenvalue weighted by Crippen LogP contribution is -2.26. The Morgan fingerprint density at radius 2 is 1.70 bits per heavy atom. The van der Waals surface area contributed by atoms with Crippen LogP contribution in [-0.2, 0) is 0 Å². The fourth-order valence-electron chi connectivity index (χ4n) is 2.27. The maximum absolute atomic E-state index is 12.4. The molecule has 1 atom stereocenters. The van der Waals surface area contributed by atoms with Crippen molar-refractivity contribution in [2.45, 2.75) is 32.9 Å². The van der Waals surface area contributed by atoms with E-state index in [-0.39, 0.29) is 18.1 Å². The summed E-state index contributed by atoms with van der Waals surface area (Å²) in [6.07, 6.45) is 0.0432. The molecule has 0 saturated heterocycles. The predicted molar refractivity (Wildman–Crippen MR) is 91.1 cm³/mol. The van der Waals surface area contributed by atoms with E-state index in [4.69, 9.17) is 9.47 Å². The Labute approximate surface area is 137 Å². The molecule has 0 aliphatic carbocycles. The van der Waals surface area contributed by atoms with Crippen molar-refractivity contribution in [3.63, 3.8) is 0 Å². The first-order valence-electron chi connectivity index (χ1n) is 7.71. The molecule has 1 unspecified atom stereocenters. The first-order chi connectivity index (χ1) is 11.0. The van der Waals surface area contributed by atoms with Crippen molar-refractivity contribution >= 4 is 5.91 Å². The zero-order valence-electron chi connectivity index (χ0n) is 14.0. The number of amides is 1. The quantitative estimate of drug-likeness (QED) is 0.877. The van der Waals surface area contributed by atoms with E-state index in [0.717, 1.165) is 5.56 Å². The van der Waals surface area contributed by atoms with Crippen molar-refractivity contribution in [1.29, 1.82) is 0 Å². The van der Waals surface area contributed by atoms with E-state index in [2.05, 4.69) is 5.32 Å². The summed E-state index contributed by atoms with van der Waals surface area (Å²) in [7, 11) is 1.57. The molecule has 2 aromatic rings. The van der Waals surface area contributed by atoms with E-state index in [1.165, 1.54) is 0 Å². The van der Waals surface area contributed by atoms with E-state index in [0.29, 0.717) is 17.1 Å². The lowest BCUT2D eigenvalue weighted by molar-refractivity contribution is 0.0939. The Morgan fingerprint density at radius 1 is 1.00 bits per heavy atom. The standard InChI is InChI=1S/C19H23NO3/c1-13(2)23-17-11-10-16(12-18(17)22-4)19(21)20-14(3)15-8-6-5-7-9-15/h5-14H,1-4H3,(H,20,21). The highest BCUT2D eigenvalue weighted by atomic mass is 16.5. The first-order valence-corrected chi connectivity index (χ1v) is 7.71. The Bertz CT molecular complexity index is 653. The summed E-state index contributed by atoms with van der Waals surface area (Å²) < 4.78 is 11.0. The van der Waals surface area contributed by atoms with Crippen LogP contribution in [0.5, 0.6) is 11.5 Å². The minimum atomic E-state index is -0.143. The molecule has 2 aromatic carbocycles. The van der Waals surface area contributed by atoms with Crippen LogP contribution in [0.1, 0.15) is 42.7 Å². The second-order valence-corrected chi connectivity index (χ2v) is 5.64. The minimum absolute atomic E-state index is 0.0432. The predicted octanol–water partition coefficient (Wildman–Crippen LogP) is 3.97. The van der Waals surface area contributed by atoms with Gasteiger partial charge >= 0.3 is 0 Å². The van der Waals surface area contributed by atoms with Crippen LogP contribution in [0, 0.1) is 0 Å². The Kier molecular flexibility index (Phi) is 5.63. The number of benzene rings is 2. The van der Waals surface area contributed by atoms with Crippen LogP contribution in [0.2, 0.25) is 0 Å². The molecule has 0 aliphatic heterocycles. The van der Waals surface area contributed by atoms with Gasteiger partial charge in [0, 0.05) is 5.56 Å². The molecule has 0 fully saturated rings. The Hall–Kier alpha value is -2.49. The number of rotatable bonds is 6. The van der Waals surface area contributed by atoms with Gasteiger partial charge in [0.1, 0.15) is 0 Å². The molecule has 0 aromatic heterocycles. The molecule has 4 nitrogen and oxygen atoms in total. The zero-order chi connectivity index (χ0) is 16.8. The molecular formula is C19H23NO3. The monoisotopic (exact) mass is 313 g/mol. The van der Waals surface area contributed by atoms with E-state index < -0.39 is 0 Å². The second-order valence-electron chi connectivity index (χ2n) is 5.64. The third-order valence-electron chi connectivity index (χ3n) is 3.44. The SMILES string of the molecule is COc1cc(C(=O)NC(C)c2ccccc2)ccc1OC(C)C. The largest absolute Gasteiger partial charge is 0.493 e. The van der Waals surface area contributed by atoms with Crippen LogP contribution in [-0.4, -0.2) is 19.1 Å². The van der Waals surface area contributed by atoms with Gasteiger partial charge in [-0.3, -0.25) is 4.79 Å². The summed E-state index contributed by atoms with van der Waals surface area (Å²) in [6, 6.07) is 15.0. The number of hydrogen-bond donors (Lipinski definition) is 1. The summed E-state index contributed by atoms with van der Waals surface area (Å²) in [5, 5.41) is 2.99. The second kappa shape index (κ2) is 7.68. The van der Waals surface area contributed by atoms with Gasteiger partial charge in [0.2, 0.25) is 0 Å². The van der Waals surface area contributed by atoms with Gasteiger partial charge in [-0.2, -0.15) is 0 Å². The van der Waals surface area contributed by atoms with Crippen LogP contribution in [0.15, 0.2) is 48.5 Å². The van der Waals surface area contributed by atoms with Gasteiger partial charge in [0.15, 0.2) is 11.5 Å². The van der Waals surface area contributed by atoms with Crippen molar-refractivity contribution in [2.75, 3.05) is 7.11 Å². The van der Waals surface area contributed by atoms with Gasteiger partial charge in [0.05, 0.1) is 19.3 Å². The summed E-state index contributed by atoms with van der Waals surface area (Å²) in [5.74, 6) is 1.05. The van der Waals surface area contributed by atoms with Crippen LogP contribution in [0.25, 0.3) is 0 Å². The lowest BCUT2D eigenvalue weighted by atomic mass is 10.1. The van der Waals surface area contributed by atoms with E-state index >= 15 is 0 Å². The number of carbonyl (C=O) groups is 1. The molecule has 23 heavy (non-hydrogen) atoms. The van der Waals surface area contributed by atoms with E-state index in [1.807, 2.05) is 51.1 Å². The smallest absolute Gasteiger partial charge is 0.251 e. The van der Waals surface area contributed by atoms with E-state index in [9.17, 15) is 4.79 Å². The topological polar surface area (TPSA) is 47.6 Å². The third kappa shape index (κ3) is 4.49. The summed E-state index contributed by atoms with van der Waals surface area (Å²) in [5.41, 5.74) is 1.60. The van der Waals surface area contributed by atoms with Crippen LogP contribution >= 0.6 is 0 Å². The normalized spacial score (nSPS) is 11.9. The summed E-state index contributed by atoms with van der Waals surface area (Å²) in [4.78, 5) is 12.4. The number of hydrogen-bond acceptors (Lipinski definition) is 3. The van der Waals surface area contributed by atoms with Crippen LogP contribution in [0.4, 0.5) is 0 Å². The van der Waals surface area contributed by atoms with Crippen molar-refractivity contribution in [3.05, 3.63) is 59.7 Å². The molecule has 0 heterocycles. The average molecular weight is 313 g/mol. The fourth-order valence-corrected chi connectivity index (χ4v) is 2.27. The van der Waals surface area contributed by atoms with Gasteiger partial charge in [0.25, 0.3) is 5.91 Å². The molecule has 0 spiro atoms. The molecule has 1 amide bonds. The molecule has 2 rings (SSSR count). The van der Waals surface area contributed by atoms with Crippen LogP contribution < -0.4 is 14.8 Å². The van der Waals surface area contributed by atoms with Gasteiger partial charge in [-0.1, -0.05) is 30.3 Å². The van der Waals surface area contributed by atoms with Crippen molar-refractivity contribution in [3.8, 4) is 11.5 Å². The highest BCUT2D eigenvalue weighted by Crippen LogP contribution is 2.29. The summed E-state index contributed by atoms with van der Waals surface area (Å²) in [6.45, 7) is 5.85. The molecule has 0 saturated carbocycles. The number of methoxy groups -OCH3 is 1. The number of nitrogens with one attached hydrogen (secondary N) is 1. The lowest BCUT2D eigenvalue weighted by Gasteiger charge is -2.16. The maximum Gasteiger partial charge on any atom is 0.251 e. The number of carbonyl (C=O) groups excluding carboxylic acids is 1. The van der Waals surface area contributed by atoms with Gasteiger partial charge in [-0.25, -0.2) is 0 Å². The first kappa shape index (κ1) is 16.9. The van der Waals surface area contributed by atoms with Crippen molar-refractivity contribution in [2.24, 2.45) is 0 Å². The molecular weight excluding hydrogens is 290 g/mol. The van der Waals surface area contributed by atoms with Gasteiger partial charge < -0.3 is 14.8 Å². The van der Waals surface area contributed by atoms with Crippen LogP contribution in [0.3, 0.4) is 0 Å². The highest BCUT2D eigenvalue weighted by Gasteiger charge is 2.14. The van der Waals surface area contributed by atoms with Gasteiger partial charge in [-0.05, 0) is 44.5 Å². The minimum Gasteiger partial charge on any atom is -0.493 e. The maximum atomic E-state index is 12.4. The molecule has 4 heteroatoms. The molecule has 122 valence electrons. The molecule has 0 bridgehead atoms. The Morgan fingerprint density at radius 3 is 2.30 bits per heavy atom. The Balaban J connectivity index is 2.13. The zero-order valence-corrected chi connectivity index (χ0v) is 14.0. The van der Waals surface area contributed by atoms with Crippen molar-refractivity contribution in [1.82, 2.24) is 5.32 Å². The molecule has 0 aliphatic rings. The highest BCUT2D eigenvalue weighted by molar-refractivity contribution is 5.95. The van der Waals surface area contributed by atoms with E-state index in [1.54, 1.807) is 25.3 Å². The number of ether oxygens (including phenoxy) is 2. The molecule has 1 N–H and O–H groups in total. The van der Waals surface area contributed by atoms with Crippen molar-refractivity contribution < 1.29 is 14.3 Å². The third-order valence-corrected chi connectivity index (χ3v) is 3.44. The summed E-state index contributed by atoms with van der Waals surface area (Å²) >= 11 is 0. The average Bonchev–Trinajstić information content (AvgIpc) is 2.55. The molecule has 0 radical (unpaired) electrons. The fraction of sp³-hybridized carbons (Fsp3) is 0.316.